The molecule has 3 heteroatoms. The molecule has 0 bridgehead atoms. The Morgan fingerprint density at radius 2 is 1.61 bits per heavy atom. The first kappa shape index (κ1) is 19.9. The van der Waals surface area contributed by atoms with Crippen LogP contribution in [-0.2, 0) is 12.8 Å². The quantitative estimate of drug-likeness (QED) is 0.551. The predicted octanol–water partition coefficient (Wildman–Crippen LogP) is 5.58. The van der Waals surface area contributed by atoms with Crippen molar-refractivity contribution in [1.82, 2.24) is 4.90 Å². The van der Waals surface area contributed by atoms with Crippen molar-refractivity contribution in [2.45, 2.75) is 25.7 Å². The lowest BCUT2D eigenvalue weighted by Crippen LogP contribution is -2.25. The molecule has 0 amide bonds. The van der Waals surface area contributed by atoms with E-state index in [0.717, 1.165) is 37.3 Å². The van der Waals surface area contributed by atoms with Crippen LogP contribution in [0.2, 0.25) is 0 Å². The fourth-order valence-electron chi connectivity index (χ4n) is 4.81. The summed E-state index contributed by atoms with van der Waals surface area (Å²) in [6.07, 6.45) is 4.25. The Hall–Kier alpha value is -3.04. The van der Waals surface area contributed by atoms with Crippen molar-refractivity contribution in [3.05, 3.63) is 95.1 Å². The van der Waals surface area contributed by atoms with E-state index in [2.05, 4.69) is 59.5 Å². The first-order valence-corrected chi connectivity index (χ1v) is 11.3. The van der Waals surface area contributed by atoms with Gasteiger partial charge in [0.25, 0.3) is 0 Å². The molecule has 5 rings (SSSR count). The van der Waals surface area contributed by atoms with Gasteiger partial charge in [0.2, 0.25) is 0 Å². The Morgan fingerprint density at radius 3 is 2.39 bits per heavy atom. The second kappa shape index (κ2) is 8.99. The van der Waals surface area contributed by atoms with Gasteiger partial charge in [0.15, 0.2) is 0 Å². The van der Waals surface area contributed by atoms with Crippen molar-refractivity contribution in [3.63, 3.8) is 0 Å². The molecular weight excluding hydrogens is 382 g/mol. The third-order valence-corrected chi connectivity index (χ3v) is 6.50. The largest absolute Gasteiger partial charge is 0.508 e. The van der Waals surface area contributed by atoms with Crippen LogP contribution >= 0.6 is 0 Å². The van der Waals surface area contributed by atoms with Crippen molar-refractivity contribution in [2.24, 2.45) is 0 Å². The van der Waals surface area contributed by atoms with E-state index in [1.807, 2.05) is 12.1 Å². The summed E-state index contributed by atoms with van der Waals surface area (Å²) in [6, 6.07) is 24.9. The number of rotatable bonds is 7. The number of hydrogen-bond donors (Lipinski definition) is 1. The topological polar surface area (TPSA) is 32.7 Å². The minimum Gasteiger partial charge on any atom is -0.508 e. The molecular formula is C28H29NO2. The molecule has 1 saturated heterocycles. The predicted molar refractivity (Wildman–Crippen MR) is 126 cm³/mol. The van der Waals surface area contributed by atoms with Crippen LogP contribution in [0.25, 0.3) is 11.1 Å². The third-order valence-electron chi connectivity index (χ3n) is 6.50. The molecule has 1 fully saturated rings. The molecule has 3 aromatic carbocycles. The standard InChI is InChI=1S/C28H29NO2/c30-28-10-6-9-24-26(25(20-27(24)28)22-7-2-1-3-8-22)19-21-11-13-23(14-12-21)31-18-17-29-15-4-5-16-29/h1-3,6-14,30H,4-5,15-20H2. The first-order valence-electron chi connectivity index (χ1n) is 11.3. The molecule has 2 aliphatic rings. The van der Waals surface area contributed by atoms with Gasteiger partial charge in [-0.2, -0.15) is 0 Å². The van der Waals surface area contributed by atoms with Gasteiger partial charge in [-0.25, -0.2) is 0 Å². The maximum Gasteiger partial charge on any atom is 0.119 e. The number of likely N-dealkylation sites (tertiary alicyclic amines) is 1. The Balaban J connectivity index is 1.34. The number of fused-ring (bicyclic) bond motifs is 1. The molecule has 158 valence electrons. The molecule has 3 nitrogen and oxygen atoms in total. The molecule has 0 unspecified atom stereocenters. The Labute approximate surface area is 184 Å². The van der Waals surface area contributed by atoms with Crippen molar-refractivity contribution in [1.29, 1.82) is 0 Å². The highest BCUT2D eigenvalue weighted by molar-refractivity contribution is 5.98. The average molecular weight is 412 g/mol. The molecule has 31 heavy (non-hydrogen) atoms. The van der Waals surface area contributed by atoms with Crippen LogP contribution in [0.4, 0.5) is 0 Å². The second-order valence-electron chi connectivity index (χ2n) is 8.52. The van der Waals surface area contributed by atoms with Crippen molar-refractivity contribution < 1.29 is 9.84 Å². The van der Waals surface area contributed by atoms with E-state index in [0.29, 0.717) is 5.75 Å². The van der Waals surface area contributed by atoms with Crippen molar-refractivity contribution >= 4 is 11.1 Å². The summed E-state index contributed by atoms with van der Waals surface area (Å²) in [7, 11) is 0. The number of aromatic hydroxyl groups is 1. The normalized spacial score (nSPS) is 16.0. The summed E-state index contributed by atoms with van der Waals surface area (Å²) in [4.78, 5) is 2.47. The number of ether oxygens (including phenoxy) is 1. The van der Waals surface area contributed by atoms with E-state index >= 15 is 0 Å². The van der Waals surface area contributed by atoms with Gasteiger partial charge in [-0.15, -0.1) is 0 Å². The highest BCUT2D eigenvalue weighted by atomic mass is 16.5. The van der Waals surface area contributed by atoms with Crippen LogP contribution in [0, 0.1) is 0 Å². The van der Waals surface area contributed by atoms with E-state index in [1.54, 1.807) is 6.07 Å². The van der Waals surface area contributed by atoms with E-state index in [4.69, 9.17) is 4.74 Å². The maximum atomic E-state index is 10.4. The third kappa shape index (κ3) is 4.38. The zero-order valence-corrected chi connectivity index (χ0v) is 17.9. The lowest BCUT2D eigenvalue weighted by Gasteiger charge is -2.15. The fourth-order valence-corrected chi connectivity index (χ4v) is 4.81. The smallest absolute Gasteiger partial charge is 0.119 e. The summed E-state index contributed by atoms with van der Waals surface area (Å²) < 4.78 is 5.97. The van der Waals surface area contributed by atoms with E-state index in [-0.39, 0.29) is 0 Å². The molecule has 0 spiro atoms. The molecule has 1 aliphatic carbocycles. The zero-order valence-electron chi connectivity index (χ0n) is 17.9. The SMILES string of the molecule is Oc1cccc2c1CC(c1ccccc1)=C2Cc1ccc(OCCN2CCCC2)cc1. The van der Waals surface area contributed by atoms with Crippen molar-refractivity contribution in [2.75, 3.05) is 26.2 Å². The minimum absolute atomic E-state index is 0.391. The first-order chi connectivity index (χ1) is 15.3. The van der Waals surface area contributed by atoms with Gasteiger partial charge in [-0.05, 0) is 78.4 Å². The number of phenols is 1. The van der Waals surface area contributed by atoms with Crippen LogP contribution < -0.4 is 4.74 Å². The summed E-state index contributed by atoms with van der Waals surface area (Å²) in [6.45, 7) is 4.17. The van der Waals surface area contributed by atoms with Gasteiger partial charge in [0.05, 0.1) is 0 Å². The van der Waals surface area contributed by atoms with Crippen LogP contribution in [0.5, 0.6) is 11.5 Å². The monoisotopic (exact) mass is 411 g/mol. The number of allylic oxidation sites excluding steroid dienone is 2. The van der Waals surface area contributed by atoms with Crippen molar-refractivity contribution in [3.8, 4) is 11.5 Å². The number of phenolic OH excluding ortho intramolecular Hbond substituents is 1. The van der Waals surface area contributed by atoms with Crippen LogP contribution in [0.15, 0.2) is 72.8 Å². The fraction of sp³-hybridized carbons (Fsp3) is 0.286. The molecule has 0 atom stereocenters. The zero-order chi connectivity index (χ0) is 21.0. The summed E-state index contributed by atoms with van der Waals surface area (Å²) in [5.41, 5.74) is 7.31. The Morgan fingerprint density at radius 1 is 0.839 bits per heavy atom. The highest BCUT2D eigenvalue weighted by Gasteiger charge is 2.24. The van der Waals surface area contributed by atoms with Gasteiger partial charge < -0.3 is 9.84 Å². The van der Waals surface area contributed by atoms with E-state index in [1.165, 1.54) is 53.8 Å². The molecule has 0 saturated carbocycles. The average Bonchev–Trinajstić information content (AvgIpc) is 3.45. The molecule has 1 aliphatic heterocycles. The molecule has 1 heterocycles. The van der Waals surface area contributed by atoms with Gasteiger partial charge in [-0.1, -0.05) is 54.6 Å². The highest BCUT2D eigenvalue weighted by Crippen LogP contribution is 2.43. The number of nitrogens with zero attached hydrogens (tertiary/aromatic N) is 1. The molecule has 0 radical (unpaired) electrons. The van der Waals surface area contributed by atoms with Gasteiger partial charge >= 0.3 is 0 Å². The molecule has 1 N–H and O–H groups in total. The van der Waals surface area contributed by atoms with Gasteiger partial charge in [0, 0.05) is 18.5 Å². The maximum absolute atomic E-state index is 10.4. The van der Waals surface area contributed by atoms with Gasteiger partial charge in [0.1, 0.15) is 18.1 Å². The lowest BCUT2D eigenvalue weighted by atomic mass is 9.95. The van der Waals surface area contributed by atoms with Gasteiger partial charge in [-0.3, -0.25) is 4.90 Å². The lowest BCUT2D eigenvalue weighted by molar-refractivity contribution is 0.238. The Bertz CT molecular complexity index is 1060. The summed E-state index contributed by atoms with van der Waals surface area (Å²) in [5, 5.41) is 10.4. The summed E-state index contributed by atoms with van der Waals surface area (Å²) >= 11 is 0. The number of hydrogen-bond acceptors (Lipinski definition) is 3. The second-order valence-corrected chi connectivity index (χ2v) is 8.52. The van der Waals surface area contributed by atoms with E-state index in [9.17, 15) is 5.11 Å². The minimum atomic E-state index is 0.391. The number of benzene rings is 3. The van der Waals surface area contributed by atoms with E-state index < -0.39 is 0 Å². The van der Waals surface area contributed by atoms with Crippen LogP contribution in [0.3, 0.4) is 0 Å². The Kier molecular flexibility index (Phi) is 5.77. The van der Waals surface area contributed by atoms with Crippen LogP contribution in [-0.4, -0.2) is 36.2 Å². The summed E-state index contributed by atoms with van der Waals surface area (Å²) in [5.74, 6) is 1.33. The molecule has 0 aromatic heterocycles. The van der Waals surface area contributed by atoms with Crippen LogP contribution in [0.1, 0.15) is 35.1 Å². The molecule has 3 aromatic rings.